The van der Waals surface area contributed by atoms with Crippen molar-refractivity contribution in [2.24, 2.45) is 0 Å². The molecule has 0 radical (unpaired) electrons. The molecule has 3 rings (SSSR count). The van der Waals surface area contributed by atoms with Crippen LogP contribution in [0, 0.1) is 11.6 Å². The van der Waals surface area contributed by atoms with E-state index in [9.17, 15) is 47.5 Å². The number of ether oxygens (including phenoxy) is 1. The Morgan fingerprint density at radius 2 is 1.48 bits per heavy atom. The van der Waals surface area contributed by atoms with E-state index < -0.39 is 72.2 Å². The minimum absolute atomic E-state index is 0.170. The highest BCUT2D eigenvalue weighted by atomic mass is 19.4. The third-order valence-electron chi connectivity index (χ3n) is 5.11. The first kappa shape index (κ1) is 23.5. The topological polar surface area (TPSA) is 110 Å². The molecule has 5 N–H and O–H groups in total. The van der Waals surface area contributed by atoms with E-state index in [0.717, 1.165) is 24.3 Å². The van der Waals surface area contributed by atoms with Crippen LogP contribution >= 0.6 is 0 Å². The predicted molar refractivity (Wildman–Crippen MR) is 95.5 cm³/mol. The van der Waals surface area contributed by atoms with Gasteiger partial charge in [0, 0.05) is 6.07 Å². The number of benzene rings is 2. The van der Waals surface area contributed by atoms with E-state index in [1.165, 1.54) is 0 Å². The molecule has 1 fully saturated rings. The average molecular weight is 450 g/mol. The van der Waals surface area contributed by atoms with Crippen LogP contribution in [0.15, 0.2) is 36.4 Å². The van der Waals surface area contributed by atoms with Gasteiger partial charge in [0.15, 0.2) is 0 Å². The fourth-order valence-corrected chi connectivity index (χ4v) is 3.53. The summed E-state index contributed by atoms with van der Waals surface area (Å²) in [4.78, 5) is 0. The Kier molecular flexibility index (Phi) is 6.65. The highest BCUT2D eigenvalue weighted by Gasteiger charge is 2.48. The largest absolute Gasteiger partial charge is 0.416 e. The van der Waals surface area contributed by atoms with Crippen molar-refractivity contribution in [2.75, 3.05) is 6.61 Å². The Balaban J connectivity index is 2.04. The van der Waals surface area contributed by atoms with Gasteiger partial charge in [-0.2, -0.15) is 13.2 Å². The summed E-state index contributed by atoms with van der Waals surface area (Å²) in [6.45, 7) is -0.829. The van der Waals surface area contributed by atoms with Gasteiger partial charge in [-0.15, -0.1) is 0 Å². The summed E-state index contributed by atoms with van der Waals surface area (Å²) in [5, 5.41) is 49.5. The van der Waals surface area contributed by atoms with E-state index in [4.69, 9.17) is 4.74 Å². The van der Waals surface area contributed by atoms with E-state index in [-0.39, 0.29) is 11.1 Å². The zero-order chi connectivity index (χ0) is 23.1. The summed E-state index contributed by atoms with van der Waals surface area (Å²) in [5.74, 6) is -1.98. The summed E-state index contributed by atoms with van der Waals surface area (Å²) in [6, 6.07) is 4.76. The Hall–Kier alpha value is -2.15. The third kappa shape index (κ3) is 4.71. The van der Waals surface area contributed by atoms with E-state index in [0.29, 0.717) is 12.1 Å². The molecular weight excluding hydrogens is 431 g/mol. The van der Waals surface area contributed by atoms with Crippen molar-refractivity contribution in [1.82, 2.24) is 0 Å². The van der Waals surface area contributed by atoms with E-state index in [1.807, 2.05) is 0 Å². The molecule has 1 saturated heterocycles. The molecule has 170 valence electrons. The van der Waals surface area contributed by atoms with Crippen LogP contribution in [0.4, 0.5) is 22.0 Å². The zero-order valence-electron chi connectivity index (χ0n) is 15.7. The maximum absolute atomic E-state index is 13.7. The minimum Gasteiger partial charge on any atom is -0.394 e. The van der Waals surface area contributed by atoms with Crippen molar-refractivity contribution in [2.45, 2.75) is 42.8 Å². The maximum Gasteiger partial charge on any atom is 0.416 e. The van der Waals surface area contributed by atoms with Crippen LogP contribution in [0.2, 0.25) is 0 Å². The van der Waals surface area contributed by atoms with Gasteiger partial charge in [-0.25, -0.2) is 8.78 Å². The van der Waals surface area contributed by atoms with Crippen molar-refractivity contribution in [3.05, 3.63) is 59.2 Å². The van der Waals surface area contributed by atoms with E-state index >= 15 is 0 Å². The lowest BCUT2D eigenvalue weighted by molar-refractivity contribution is -0.250. The Bertz CT molecular complexity index is 915. The van der Waals surface area contributed by atoms with E-state index in [2.05, 4.69) is 0 Å². The zero-order valence-corrected chi connectivity index (χ0v) is 15.7. The van der Waals surface area contributed by atoms with Gasteiger partial charge >= 0.3 is 6.18 Å². The van der Waals surface area contributed by atoms with E-state index in [1.54, 1.807) is 0 Å². The van der Waals surface area contributed by atoms with Gasteiger partial charge < -0.3 is 30.3 Å². The van der Waals surface area contributed by atoms with Crippen molar-refractivity contribution in [3.8, 4) is 11.1 Å². The highest BCUT2D eigenvalue weighted by Crippen LogP contribution is 2.40. The molecule has 11 heteroatoms. The van der Waals surface area contributed by atoms with Crippen LogP contribution in [0.25, 0.3) is 11.1 Å². The molecule has 1 aliphatic rings. The van der Waals surface area contributed by atoms with Crippen molar-refractivity contribution in [3.63, 3.8) is 0 Å². The number of alkyl halides is 3. The Labute approximate surface area is 172 Å². The molecule has 1 unspecified atom stereocenters. The van der Waals surface area contributed by atoms with Crippen molar-refractivity contribution in [1.29, 1.82) is 0 Å². The Morgan fingerprint density at radius 1 is 0.871 bits per heavy atom. The first-order valence-electron chi connectivity index (χ1n) is 9.10. The molecule has 6 atom stereocenters. The minimum atomic E-state index is -5.01. The van der Waals surface area contributed by atoms with Gasteiger partial charge in [0.05, 0.1) is 12.2 Å². The summed E-state index contributed by atoms with van der Waals surface area (Å²) in [5.41, 5.74) is -2.45. The fourth-order valence-electron chi connectivity index (χ4n) is 3.53. The lowest BCUT2D eigenvalue weighted by Gasteiger charge is -2.42. The lowest BCUT2D eigenvalue weighted by atomic mass is 9.87. The second kappa shape index (κ2) is 8.77. The average Bonchev–Trinajstić information content (AvgIpc) is 2.70. The van der Waals surface area contributed by atoms with Crippen LogP contribution in [-0.2, 0) is 10.9 Å². The fraction of sp³-hybridized carbons (Fsp3) is 0.400. The molecule has 2 aromatic rings. The van der Waals surface area contributed by atoms with Gasteiger partial charge in [0.25, 0.3) is 0 Å². The summed E-state index contributed by atoms with van der Waals surface area (Å²) >= 11 is 0. The first-order valence-corrected chi connectivity index (χ1v) is 9.10. The van der Waals surface area contributed by atoms with Crippen LogP contribution in [0.1, 0.15) is 17.2 Å². The third-order valence-corrected chi connectivity index (χ3v) is 5.11. The number of aliphatic hydroxyl groups is 5. The molecule has 1 aliphatic heterocycles. The van der Waals surface area contributed by atoms with Gasteiger partial charge in [-0.3, -0.25) is 0 Å². The summed E-state index contributed by atoms with van der Waals surface area (Å²) < 4.78 is 73.2. The second-order valence-corrected chi connectivity index (χ2v) is 7.20. The number of halogens is 5. The molecule has 1 heterocycles. The van der Waals surface area contributed by atoms with Crippen LogP contribution in [0.3, 0.4) is 0 Å². The van der Waals surface area contributed by atoms with Gasteiger partial charge in [-0.1, -0.05) is 12.1 Å². The Morgan fingerprint density at radius 3 is 2.03 bits per heavy atom. The van der Waals surface area contributed by atoms with Crippen LogP contribution in [0.5, 0.6) is 0 Å². The van der Waals surface area contributed by atoms with Crippen LogP contribution in [-0.4, -0.2) is 62.7 Å². The molecule has 0 bridgehead atoms. The molecule has 31 heavy (non-hydrogen) atoms. The second-order valence-electron chi connectivity index (χ2n) is 7.20. The van der Waals surface area contributed by atoms with Crippen molar-refractivity contribution >= 4 is 0 Å². The molecule has 0 saturated carbocycles. The number of hydrogen-bond acceptors (Lipinski definition) is 6. The summed E-state index contributed by atoms with van der Waals surface area (Å²) in [6.07, 6.45) is -16.0. The normalized spacial score (nSPS) is 27.9. The van der Waals surface area contributed by atoms with Crippen molar-refractivity contribution < 1.29 is 52.2 Å². The highest BCUT2D eigenvalue weighted by molar-refractivity contribution is 5.65. The van der Waals surface area contributed by atoms with Gasteiger partial charge in [0.2, 0.25) is 0 Å². The summed E-state index contributed by atoms with van der Waals surface area (Å²) in [7, 11) is 0. The maximum atomic E-state index is 13.7. The molecule has 6 nitrogen and oxygen atoms in total. The molecule has 0 aliphatic carbocycles. The number of rotatable bonds is 4. The smallest absolute Gasteiger partial charge is 0.394 e. The standard InChI is InChI=1S/C20H19F5O6/c21-10-3-9(4-11(22)6-10)8-1-2-12(13(5-8)20(23,24)25)15(27)19-18(30)17(29)16(28)14(7-26)31-19/h1-6,14-19,26-30H,7H2/t14-,15?,16-,17+,18+,19-/m1/s1. The predicted octanol–water partition coefficient (Wildman–Crippen LogP) is 1.53. The molecular formula is C20H19F5O6. The number of hydrogen-bond donors (Lipinski definition) is 5. The monoisotopic (exact) mass is 450 g/mol. The molecule has 2 aromatic carbocycles. The molecule has 0 aromatic heterocycles. The SMILES string of the molecule is OC[C@H]1O[C@H](C(O)c2ccc(-c3cc(F)cc(F)c3)cc2C(F)(F)F)[C@@H](O)[C@@H](O)[C@@H]1O. The first-order chi connectivity index (χ1) is 14.4. The van der Waals surface area contributed by atoms with Crippen LogP contribution < -0.4 is 0 Å². The molecule has 0 amide bonds. The van der Waals surface area contributed by atoms with Gasteiger partial charge in [0.1, 0.15) is 48.3 Å². The quantitative estimate of drug-likeness (QED) is 0.452. The molecule has 0 spiro atoms. The lowest BCUT2D eigenvalue weighted by Crippen LogP contribution is -2.60. The number of aliphatic hydroxyl groups excluding tert-OH is 5. The van der Waals surface area contributed by atoms with Gasteiger partial charge in [-0.05, 0) is 34.9 Å².